The molecular weight excluding hydrogens is 216 g/mol. The zero-order valence-electron chi connectivity index (χ0n) is 8.67. The largest absolute Gasteiger partial charge is 0.351 e. The summed E-state index contributed by atoms with van der Waals surface area (Å²) in [6, 6.07) is 0. The number of nitrogens with one attached hydrogen (secondary N) is 2. The summed E-state index contributed by atoms with van der Waals surface area (Å²) in [5, 5.41) is 8.62. The molecule has 1 amide bonds. The number of carbonyl (C=O) groups excluding carboxylic acids is 1. The molecule has 2 rings (SSSR count). The van der Waals surface area contributed by atoms with Crippen LogP contribution in [0.4, 0.5) is 8.78 Å². The molecular formula is C10H13F2N3O. The Morgan fingerprint density at radius 1 is 1.69 bits per heavy atom. The third-order valence-electron chi connectivity index (χ3n) is 2.93. The van der Waals surface area contributed by atoms with Crippen LogP contribution < -0.4 is 5.32 Å². The molecule has 88 valence electrons. The minimum Gasteiger partial charge on any atom is -0.351 e. The van der Waals surface area contributed by atoms with Crippen molar-refractivity contribution in [1.82, 2.24) is 15.5 Å². The number of aromatic amines is 1. The zero-order valence-corrected chi connectivity index (χ0v) is 8.67. The van der Waals surface area contributed by atoms with Crippen molar-refractivity contribution in [3.63, 3.8) is 0 Å². The average molecular weight is 229 g/mol. The molecule has 1 aromatic heterocycles. The number of hydrogen-bond acceptors (Lipinski definition) is 2. The number of H-pyrrole nitrogens is 1. The van der Waals surface area contributed by atoms with Gasteiger partial charge in [-0.25, -0.2) is 8.78 Å². The molecule has 0 aromatic carbocycles. The van der Waals surface area contributed by atoms with E-state index in [1.165, 1.54) is 12.4 Å². The van der Waals surface area contributed by atoms with Crippen molar-refractivity contribution in [2.75, 3.05) is 6.54 Å². The Labute approximate surface area is 91.4 Å². The monoisotopic (exact) mass is 229 g/mol. The smallest absolute Gasteiger partial charge is 0.254 e. The second-order valence-electron chi connectivity index (χ2n) is 4.05. The van der Waals surface area contributed by atoms with Crippen LogP contribution >= 0.6 is 0 Å². The molecule has 1 heterocycles. The summed E-state index contributed by atoms with van der Waals surface area (Å²) in [6.45, 7) is 0.0248. The van der Waals surface area contributed by atoms with E-state index in [1.807, 2.05) is 0 Å². The Morgan fingerprint density at radius 3 is 3.06 bits per heavy atom. The Bertz CT molecular complexity index is 364. The number of nitrogens with zero attached hydrogens (tertiary/aromatic N) is 1. The van der Waals surface area contributed by atoms with Crippen LogP contribution in [0.25, 0.3) is 0 Å². The third kappa shape index (κ3) is 2.20. The number of alkyl halides is 2. The van der Waals surface area contributed by atoms with Gasteiger partial charge in [0.2, 0.25) is 0 Å². The van der Waals surface area contributed by atoms with E-state index in [1.54, 1.807) is 0 Å². The molecule has 1 saturated carbocycles. The lowest BCUT2D eigenvalue weighted by molar-refractivity contribution is -0.0352. The zero-order chi connectivity index (χ0) is 11.6. The molecule has 6 heteroatoms. The molecule has 0 spiro atoms. The summed E-state index contributed by atoms with van der Waals surface area (Å²) in [4.78, 5) is 11.5. The van der Waals surface area contributed by atoms with Crippen LogP contribution in [0.3, 0.4) is 0 Å². The summed E-state index contributed by atoms with van der Waals surface area (Å²) in [6.07, 6.45) is 3.72. The molecule has 1 fully saturated rings. The quantitative estimate of drug-likeness (QED) is 0.826. The highest BCUT2D eigenvalue weighted by Crippen LogP contribution is 2.39. The van der Waals surface area contributed by atoms with E-state index in [9.17, 15) is 13.6 Å². The fourth-order valence-corrected chi connectivity index (χ4v) is 1.94. The molecule has 1 aliphatic carbocycles. The van der Waals surface area contributed by atoms with Crippen molar-refractivity contribution in [1.29, 1.82) is 0 Å². The van der Waals surface area contributed by atoms with E-state index in [0.717, 1.165) is 0 Å². The van der Waals surface area contributed by atoms with Gasteiger partial charge < -0.3 is 5.32 Å². The first-order valence-corrected chi connectivity index (χ1v) is 5.24. The normalized spacial score (nSPS) is 23.2. The topological polar surface area (TPSA) is 57.8 Å². The van der Waals surface area contributed by atoms with Gasteiger partial charge in [-0.2, -0.15) is 5.10 Å². The van der Waals surface area contributed by atoms with Crippen molar-refractivity contribution in [3.05, 3.63) is 18.0 Å². The van der Waals surface area contributed by atoms with Crippen LogP contribution in [-0.2, 0) is 0 Å². The van der Waals surface area contributed by atoms with E-state index >= 15 is 0 Å². The Kier molecular flexibility index (Phi) is 2.89. The van der Waals surface area contributed by atoms with Crippen LogP contribution in [-0.4, -0.2) is 28.6 Å². The lowest BCUT2D eigenvalue weighted by Crippen LogP contribution is -2.35. The molecule has 0 radical (unpaired) electrons. The predicted octanol–water partition coefficient (Wildman–Crippen LogP) is 1.57. The second-order valence-corrected chi connectivity index (χ2v) is 4.05. The molecule has 1 aliphatic rings. The number of halogens is 2. The summed E-state index contributed by atoms with van der Waals surface area (Å²) in [5.74, 6) is -3.73. The first-order valence-electron chi connectivity index (χ1n) is 5.24. The number of aromatic nitrogens is 2. The van der Waals surface area contributed by atoms with E-state index < -0.39 is 11.8 Å². The minimum absolute atomic E-state index is 0.0248. The minimum atomic E-state index is -2.64. The fourth-order valence-electron chi connectivity index (χ4n) is 1.94. The molecule has 0 saturated heterocycles. The fraction of sp³-hybridized carbons (Fsp3) is 0.600. The van der Waals surface area contributed by atoms with Gasteiger partial charge in [-0.05, 0) is 12.8 Å². The van der Waals surface area contributed by atoms with Crippen LogP contribution in [0, 0.1) is 5.92 Å². The average Bonchev–Trinajstić information content (AvgIpc) is 2.83. The maximum atomic E-state index is 13.2. The highest BCUT2D eigenvalue weighted by atomic mass is 19.3. The summed E-state index contributed by atoms with van der Waals surface area (Å²) in [5.41, 5.74) is 0.362. The second kappa shape index (κ2) is 4.19. The van der Waals surface area contributed by atoms with Crippen molar-refractivity contribution in [2.45, 2.75) is 25.2 Å². The molecule has 1 atom stereocenters. The number of carbonyl (C=O) groups is 1. The Hall–Kier alpha value is -1.46. The Morgan fingerprint density at radius 2 is 2.50 bits per heavy atom. The van der Waals surface area contributed by atoms with Gasteiger partial charge in [-0.15, -0.1) is 0 Å². The van der Waals surface area contributed by atoms with Crippen molar-refractivity contribution >= 4 is 5.91 Å². The summed E-state index contributed by atoms with van der Waals surface area (Å²) in [7, 11) is 0. The van der Waals surface area contributed by atoms with Crippen molar-refractivity contribution < 1.29 is 13.6 Å². The molecule has 16 heavy (non-hydrogen) atoms. The number of rotatable bonds is 3. The van der Waals surface area contributed by atoms with Gasteiger partial charge in [0.25, 0.3) is 11.8 Å². The van der Waals surface area contributed by atoms with Crippen LogP contribution in [0.2, 0.25) is 0 Å². The van der Waals surface area contributed by atoms with Gasteiger partial charge >= 0.3 is 0 Å². The molecule has 4 nitrogen and oxygen atoms in total. The first kappa shape index (κ1) is 11.0. The van der Waals surface area contributed by atoms with Crippen LogP contribution in [0.15, 0.2) is 12.4 Å². The highest BCUT2D eigenvalue weighted by Gasteiger charge is 2.43. The molecule has 2 N–H and O–H groups in total. The standard InChI is InChI=1S/C10H13F2N3O/c11-10(12)3-1-2-8(10)6-13-9(16)7-4-14-15-5-7/h4-5,8H,1-3,6H2,(H,13,16)(H,14,15). The van der Waals surface area contributed by atoms with E-state index in [4.69, 9.17) is 0 Å². The molecule has 1 unspecified atom stereocenters. The summed E-state index contributed by atoms with van der Waals surface area (Å²) < 4.78 is 26.5. The van der Waals surface area contributed by atoms with Gasteiger partial charge in [0.15, 0.2) is 0 Å². The predicted molar refractivity (Wildman–Crippen MR) is 53.2 cm³/mol. The molecule has 0 aliphatic heterocycles. The molecule has 0 bridgehead atoms. The first-order chi connectivity index (χ1) is 7.59. The van der Waals surface area contributed by atoms with Crippen LogP contribution in [0.1, 0.15) is 29.6 Å². The maximum Gasteiger partial charge on any atom is 0.254 e. The lowest BCUT2D eigenvalue weighted by atomic mass is 10.1. The Balaban J connectivity index is 1.86. The maximum absolute atomic E-state index is 13.2. The van der Waals surface area contributed by atoms with Gasteiger partial charge in [0, 0.05) is 25.1 Å². The van der Waals surface area contributed by atoms with Crippen molar-refractivity contribution in [3.8, 4) is 0 Å². The van der Waals surface area contributed by atoms with E-state index in [2.05, 4.69) is 15.5 Å². The van der Waals surface area contributed by atoms with Crippen LogP contribution in [0.5, 0.6) is 0 Å². The van der Waals surface area contributed by atoms with Gasteiger partial charge in [-0.3, -0.25) is 9.89 Å². The number of hydrogen-bond donors (Lipinski definition) is 2. The SMILES string of the molecule is O=C(NCC1CCCC1(F)F)c1cn[nH]c1. The summed E-state index contributed by atoms with van der Waals surface area (Å²) >= 11 is 0. The van der Waals surface area contributed by atoms with E-state index in [-0.39, 0.29) is 18.9 Å². The van der Waals surface area contributed by atoms with Gasteiger partial charge in [0.1, 0.15) is 0 Å². The molecule has 1 aromatic rings. The van der Waals surface area contributed by atoms with Gasteiger partial charge in [-0.1, -0.05) is 0 Å². The van der Waals surface area contributed by atoms with Gasteiger partial charge in [0.05, 0.1) is 11.8 Å². The third-order valence-corrected chi connectivity index (χ3v) is 2.93. The van der Waals surface area contributed by atoms with Crippen molar-refractivity contribution in [2.24, 2.45) is 5.92 Å². The highest BCUT2D eigenvalue weighted by molar-refractivity contribution is 5.93. The van der Waals surface area contributed by atoms with E-state index in [0.29, 0.717) is 18.4 Å². The number of amides is 1. The lowest BCUT2D eigenvalue weighted by Gasteiger charge is -2.18.